The fraction of sp³-hybridized carbons (Fsp3) is 0.222. The van der Waals surface area contributed by atoms with Crippen molar-refractivity contribution in [1.29, 1.82) is 0 Å². The van der Waals surface area contributed by atoms with Gasteiger partial charge in [-0.3, -0.25) is 0 Å². The SMILES string of the molecule is CCOC(=O)c1cc(I)c(F)cc1N. The molecule has 0 saturated carbocycles. The van der Waals surface area contributed by atoms with Gasteiger partial charge in [0.1, 0.15) is 5.82 Å². The van der Waals surface area contributed by atoms with Gasteiger partial charge in [0.25, 0.3) is 0 Å². The van der Waals surface area contributed by atoms with Crippen molar-refractivity contribution in [2.24, 2.45) is 0 Å². The highest BCUT2D eigenvalue weighted by Crippen LogP contribution is 2.20. The summed E-state index contributed by atoms with van der Waals surface area (Å²) in [6.07, 6.45) is 0. The number of carbonyl (C=O) groups is 1. The number of hydrogen-bond acceptors (Lipinski definition) is 3. The number of carbonyl (C=O) groups excluding carboxylic acids is 1. The number of anilines is 1. The molecule has 0 saturated heterocycles. The van der Waals surface area contributed by atoms with E-state index in [2.05, 4.69) is 0 Å². The lowest BCUT2D eigenvalue weighted by Gasteiger charge is -2.06. The summed E-state index contributed by atoms with van der Waals surface area (Å²) >= 11 is 1.79. The molecule has 0 heterocycles. The summed E-state index contributed by atoms with van der Waals surface area (Å²) in [5, 5.41) is 0. The number of rotatable bonds is 2. The zero-order chi connectivity index (χ0) is 10.7. The lowest BCUT2D eigenvalue weighted by atomic mass is 10.2. The van der Waals surface area contributed by atoms with E-state index < -0.39 is 11.8 Å². The largest absolute Gasteiger partial charge is 0.462 e. The van der Waals surface area contributed by atoms with Crippen LogP contribution in [0.2, 0.25) is 0 Å². The topological polar surface area (TPSA) is 52.3 Å². The van der Waals surface area contributed by atoms with Crippen LogP contribution in [0.3, 0.4) is 0 Å². The number of nitrogen functional groups attached to an aromatic ring is 1. The molecule has 0 aliphatic heterocycles. The van der Waals surface area contributed by atoms with Gasteiger partial charge in [0, 0.05) is 9.26 Å². The van der Waals surface area contributed by atoms with E-state index in [1.165, 1.54) is 6.07 Å². The van der Waals surface area contributed by atoms with Gasteiger partial charge in [-0.15, -0.1) is 0 Å². The number of benzene rings is 1. The number of ether oxygens (including phenoxy) is 1. The highest BCUT2D eigenvalue weighted by molar-refractivity contribution is 14.1. The van der Waals surface area contributed by atoms with E-state index in [1.54, 1.807) is 29.5 Å². The molecule has 14 heavy (non-hydrogen) atoms. The number of esters is 1. The van der Waals surface area contributed by atoms with Crippen LogP contribution in [0.5, 0.6) is 0 Å². The van der Waals surface area contributed by atoms with Gasteiger partial charge in [0.2, 0.25) is 0 Å². The lowest BCUT2D eigenvalue weighted by molar-refractivity contribution is 0.0527. The summed E-state index contributed by atoms with van der Waals surface area (Å²) in [7, 11) is 0. The summed E-state index contributed by atoms with van der Waals surface area (Å²) in [5.41, 5.74) is 5.78. The Labute approximate surface area is 94.6 Å². The van der Waals surface area contributed by atoms with Crippen molar-refractivity contribution in [3.63, 3.8) is 0 Å². The Morgan fingerprint density at radius 3 is 2.86 bits per heavy atom. The van der Waals surface area contributed by atoms with E-state index >= 15 is 0 Å². The van der Waals surface area contributed by atoms with Crippen molar-refractivity contribution in [3.05, 3.63) is 27.1 Å². The van der Waals surface area contributed by atoms with Gasteiger partial charge >= 0.3 is 5.97 Å². The molecular weight excluding hydrogens is 300 g/mol. The first-order chi connectivity index (χ1) is 6.56. The van der Waals surface area contributed by atoms with E-state index in [0.717, 1.165) is 6.07 Å². The highest BCUT2D eigenvalue weighted by atomic mass is 127. The molecule has 0 aliphatic rings. The summed E-state index contributed by atoms with van der Waals surface area (Å²) in [6, 6.07) is 2.50. The van der Waals surface area contributed by atoms with Gasteiger partial charge < -0.3 is 10.5 Å². The van der Waals surface area contributed by atoms with Crippen molar-refractivity contribution in [3.8, 4) is 0 Å². The predicted octanol–water partition coefficient (Wildman–Crippen LogP) is 2.19. The zero-order valence-corrected chi connectivity index (χ0v) is 9.67. The molecular formula is C9H9FINO2. The molecule has 1 aromatic carbocycles. The summed E-state index contributed by atoms with van der Waals surface area (Å²) in [5.74, 6) is -0.959. The maximum absolute atomic E-state index is 13.0. The molecule has 0 aliphatic carbocycles. The summed E-state index contributed by atoms with van der Waals surface area (Å²) in [4.78, 5) is 11.3. The second-order valence-electron chi connectivity index (χ2n) is 2.57. The van der Waals surface area contributed by atoms with Gasteiger partial charge in [-0.1, -0.05) is 0 Å². The first-order valence-corrected chi connectivity index (χ1v) is 5.05. The van der Waals surface area contributed by atoms with E-state index in [0.29, 0.717) is 3.57 Å². The number of halogens is 2. The standard InChI is InChI=1S/C9H9FINO2/c1-2-14-9(13)5-3-7(11)6(10)4-8(5)12/h3-4H,2,12H2,1H3. The Hall–Kier alpha value is -0.850. The third kappa shape index (κ3) is 2.34. The van der Waals surface area contributed by atoms with E-state index in [1.807, 2.05) is 0 Å². The van der Waals surface area contributed by atoms with Gasteiger partial charge in [-0.25, -0.2) is 9.18 Å². The second-order valence-corrected chi connectivity index (χ2v) is 3.74. The minimum Gasteiger partial charge on any atom is -0.462 e. The quantitative estimate of drug-likeness (QED) is 0.517. The zero-order valence-electron chi connectivity index (χ0n) is 7.51. The predicted molar refractivity (Wildman–Crippen MR) is 59.5 cm³/mol. The van der Waals surface area contributed by atoms with E-state index in [-0.39, 0.29) is 17.9 Å². The summed E-state index contributed by atoms with van der Waals surface area (Å²) in [6.45, 7) is 1.97. The smallest absolute Gasteiger partial charge is 0.340 e. The van der Waals surface area contributed by atoms with E-state index in [9.17, 15) is 9.18 Å². The average molecular weight is 309 g/mol. The van der Waals surface area contributed by atoms with Crippen LogP contribution in [0.1, 0.15) is 17.3 Å². The van der Waals surface area contributed by atoms with Crippen LogP contribution in [0.15, 0.2) is 12.1 Å². The van der Waals surface area contributed by atoms with Gasteiger partial charge in [0.15, 0.2) is 0 Å². The third-order valence-electron chi connectivity index (χ3n) is 1.59. The summed E-state index contributed by atoms with van der Waals surface area (Å²) < 4.78 is 18.1. The van der Waals surface area contributed by atoms with Crippen LogP contribution in [0.4, 0.5) is 10.1 Å². The molecule has 3 nitrogen and oxygen atoms in total. The average Bonchev–Trinajstić information content (AvgIpc) is 2.11. The first-order valence-electron chi connectivity index (χ1n) is 3.98. The Morgan fingerprint density at radius 1 is 1.64 bits per heavy atom. The monoisotopic (exact) mass is 309 g/mol. The maximum atomic E-state index is 13.0. The van der Waals surface area contributed by atoms with Crippen molar-refractivity contribution in [1.82, 2.24) is 0 Å². The Kier molecular flexibility index (Phi) is 3.68. The van der Waals surface area contributed by atoms with Crippen molar-refractivity contribution >= 4 is 34.2 Å². The van der Waals surface area contributed by atoms with Crippen molar-refractivity contribution in [2.75, 3.05) is 12.3 Å². The number of nitrogens with two attached hydrogens (primary N) is 1. The molecule has 1 aromatic rings. The molecule has 1 rings (SSSR count). The molecule has 0 fully saturated rings. The highest BCUT2D eigenvalue weighted by Gasteiger charge is 2.13. The lowest BCUT2D eigenvalue weighted by Crippen LogP contribution is -2.09. The van der Waals surface area contributed by atoms with Gasteiger partial charge in [-0.05, 0) is 41.6 Å². The minimum absolute atomic E-state index is 0.0985. The first kappa shape index (κ1) is 11.2. The number of hydrogen-bond donors (Lipinski definition) is 1. The molecule has 0 unspecified atom stereocenters. The molecule has 0 radical (unpaired) electrons. The van der Waals surface area contributed by atoms with Crippen LogP contribution in [0, 0.1) is 9.39 Å². The van der Waals surface area contributed by atoms with Crippen LogP contribution >= 0.6 is 22.6 Å². The fourth-order valence-corrected chi connectivity index (χ4v) is 1.41. The Balaban J connectivity index is 3.09. The normalized spacial score (nSPS) is 9.93. The molecule has 0 atom stereocenters. The molecule has 76 valence electrons. The third-order valence-corrected chi connectivity index (χ3v) is 2.41. The van der Waals surface area contributed by atoms with Crippen LogP contribution in [0.25, 0.3) is 0 Å². The molecule has 2 N–H and O–H groups in total. The molecule has 0 spiro atoms. The second kappa shape index (κ2) is 4.59. The van der Waals surface area contributed by atoms with Gasteiger partial charge in [-0.2, -0.15) is 0 Å². The van der Waals surface area contributed by atoms with E-state index in [4.69, 9.17) is 10.5 Å². The molecule has 0 aromatic heterocycles. The molecule has 0 bridgehead atoms. The maximum Gasteiger partial charge on any atom is 0.340 e. The Morgan fingerprint density at radius 2 is 2.29 bits per heavy atom. The minimum atomic E-state index is -0.525. The molecule has 5 heteroatoms. The van der Waals surface area contributed by atoms with Crippen molar-refractivity contribution < 1.29 is 13.9 Å². The van der Waals surface area contributed by atoms with Crippen LogP contribution in [-0.2, 0) is 4.74 Å². The Bertz CT molecular complexity index is 368. The fourth-order valence-electron chi connectivity index (χ4n) is 0.948. The molecule has 0 amide bonds. The van der Waals surface area contributed by atoms with Crippen LogP contribution in [-0.4, -0.2) is 12.6 Å². The van der Waals surface area contributed by atoms with Crippen LogP contribution < -0.4 is 5.73 Å². The van der Waals surface area contributed by atoms with Crippen molar-refractivity contribution in [2.45, 2.75) is 6.92 Å². The van der Waals surface area contributed by atoms with Gasteiger partial charge in [0.05, 0.1) is 12.2 Å².